The standard InChI is InChI=1S/C13H28N3O3/c1-8-18-12(14)15-9-11(17)10(2)19-16(6,7)13(3,4)5/h10H,8-9H2,1-7H3,(H2,14,15)/q+1/t10-/m0/s1. The minimum atomic E-state index is -0.549. The molecule has 0 bridgehead atoms. The quantitative estimate of drug-likeness (QED) is 0.341. The summed E-state index contributed by atoms with van der Waals surface area (Å²) in [5.41, 5.74) is 5.34. The van der Waals surface area contributed by atoms with E-state index in [0.717, 1.165) is 0 Å². The molecule has 0 radical (unpaired) electrons. The molecule has 0 aromatic rings. The number of nitrogens with zero attached hydrogens (tertiary/aromatic N) is 2. The monoisotopic (exact) mass is 274 g/mol. The third-order valence-electron chi connectivity index (χ3n) is 3.17. The van der Waals surface area contributed by atoms with E-state index in [-0.39, 0.29) is 28.5 Å². The molecule has 0 aliphatic heterocycles. The Morgan fingerprint density at radius 1 is 1.37 bits per heavy atom. The van der Waals surface area contributed by atoms with Crippen molar-refractivity contribution in [3.8, 4) is 0 Å². The van der Waals surface area contributed by atoms with Gasteiger partial charge in [-0.3, -0.25) is 4.79 Å². The molecule has 19 heavy (non-hydrogen) atoms. The molecule has 0 rings (SSSR count). The number of nitrogens with two attached hydrogens (primary N) is 1. The highest BCUT2D eigenvalue weighted by atomic mass is 16.7. The zero-order valence-corrected chi connectivity index (χ0v) is 13.2. The molecule has 0 saturated heterocycles. The van der Waals surface area contributed by atoms with E-state index in [4.69, 9.17) is 15.3 Å². The number of ketones is 1. The molecule has 0 unspecified atom stereocenters. The first-order valence-corrected chi connectivity index (χ1v) is 6.49. The molecule has 112 valence electrons. The lowest BCUT2D eigenvalue weighted by Crippen LogP contribution is -2.56. The van der Waals surface area contributed by atoms with Gasteiger partial charge in [-0.25, -0.2) is 4.99 Å². The summed E-state index contributed by atoms with van der Waals surface area (Å²) >= 11 is 0. The van der Waals surface area contributed by atoms with Crippen LogP contribution in [0.3, 0.4) is 0 Å². The first-order valence-electron chi connectivity index (χ1n) is 6.49. The van der Waals surface area contributed by atoms with Gasteiger partial charge in [0, 0.05) is 0 Å². The zero-order chi connectivity index (χ0) is 15.3. The van der Waals surface area contributed by atoms with Gasteiger partial charge < -0.3 is 10.5 Å². The van der Waals surface area contributed by atoms with E-state index in [9.17, 15) is 4.79 Å². The van der Waals surface area contributed by atoms with Gasteiger partial charge in [0.25, 0.3) is 6.02 Å². The second kappa shape index (κ2) is 6.86. The number of carbonyl (C=O) groups excluding carboxylic acids is 1. The normalized spacial score (nSPS) is 15.2. The maximum Gasteiger partial charge on any atom is 0.282 e. The van der Waals surface area contributed by atoms with Gasteiger partial charge in [0.05, 0.1) is 20.7 Å². The predicted molar refractivity (Wildman–Crippen MR) is 75.5 cm³/mol. The Kier molecular flexibility index (Phi) is 6.45. The van der Waals surface area contributed by atoms with Crippen LogP contribution in [0.2, 0.25) is 0 Å². The summed E-state index contributed by atoms with van der Waals surface area (Å²) in [7, 11) is 3.84. The SMILES string of the molecule is CCOC(N)=NCC(=O)[C@H](C)O[N+](C)(C)C(C)(C)C. The number of rotatable bonds is 6. The van der Waals surface area contributed by atoms with Crippen molar-refractivity contribution >= 4 is 11.8 Å². The Morgan fingerprint density at radius 3 is 2.32 bits per heavy atom. The number of hydrogen-bond donors (Lipinski definition) is 1. The van der Waals surface area contributed by atoms with Crippen LogP contribution in [-0.4, -0.2) is 55.3 Å². The molecule has 0 saturated carbocycles. The minimum absolute atomic E-state index is 0.0306. The average molecular weight is 274 g/mol. The summed E-state index contributed by atoms with van der Waals surface area (Å²) in [5, 5.41) is 0. The lowest BCUT2D eigenvalue weighted by Gasteiger charge is -2.40. The topological polar surface area (TPSA) is 73.9 Å². The molecule has 0 aliphatic rings. The molecule has 0 heterocycles. The first-order chi connectivity index (χ1) is 8.51. The van der Waals surface area contributed by atoms with Gasteiger partial charge >= 0.3 is 0 Å². The van der Waals surface area contributed by atoms with Crippen LogP contribution < -0.4 is 5.73 Å². The highest BCUT2D eigenvalue weighted by Gasteiger charge is 2.37. The summed E-state index contributed by atoms with van der Waals surface area (Å²) in [5.74, 6) is -0.127. The van der Waals surface area contributed by atoms with Crippen molar-refractivity contribution in [2.24, 2.45) is 10.7 Å². The van der Waals surface area contributed by atoms with Crippen LogP contribution in [0.15, 0.2) is 4.99 Å². The molecule has 6 heteroatoms. The Hall–Kier alpha value is -1.14. The molecular weight excluding hydrogens is 246 g/mol. The van der Waals surface area contributed by atoms with Gasteiger partial charge in [-0.05, 0) is 34.6 Å². The summed E-state index contributed by atoms with van der Waals surface area (Å²) in [4.78, 5) is 21.6. The number of Topliss-reactive ketones (excluding diaryl/α,β-unsaturated/α-hetero) is 1. The molecule has 0 aliphatic carbocycles. The number of ether oxygens (including phenoxy) is 1. The van der Waals surface area contributed by atoms with Crippen molar-refractivity contribution in [1.29, 1.82) is 0 Å². The fourth-order valence-corrected chi connectivity index (χ4v) is 1.09. The van der Waals surface area contributed by atoms with Gasteiger partial charge in [0.2, 0.25) is 0 Å². The van der Waals surface area contributed by atoms with Gasteiger partial charge in [0.15, 0.2) is 11.9 Å². The minimum Gasteiger partial charge on any atom is -0.466 e. The van der Waals surface area contributed by atoms with Gasteiger partial charge in [0.1, 0.15) is 12.1 Å². The maximum absolute atomic E-state index is 11.9. The van der Waals surface area contributed by atoms with Crippen molar-refractivity contribution in [3.05, 3.63) is 0 Å². The Morgan fingerprint density at radius 2 is 1.89 bits per heavy atom. The fraction of sp³-hybridized carbons (Fsp3) is 0.846. The van der Waals surface area contributed by atoms with Crippen molar-refractivity contribution in [3.63, 3.8) is 0 Å². The van der Waals surface area contributed by atoms with E-state index >= 15 is 0 Å². The van der Waals surface area contributed by atoms with Gasteiger partial charge in [-0.15, -0.1) is 0 Å². The van der Waals surface area contributed by atoms with E-state index in [1.807, 2.05) is 14.1 Å². The second-order valence-electron chi connectivity index (χ2n) is 5.82. The largest absolute Gasteiger partial charge is 0.466 e. The van der Waals surface area contributed by atoms with Crippen LogP contribution in [0.25, 0.3) is 0 Å². The molecule has 0 aromatic heterocycles. The van der Waals surface area contributed by atoms with Crippen molar-refractivity contribution in [1.82, 2.24) is 0 Å². The molecule has 0 spiro atoms. The lowest BCUT2D eigenvalue weighted by molar-refractivity contribution is -1.11. The second-order valence-corrected chi connectivity index (χ2v) is 5.82. The Labute approximate surface area is 116 Å². The van der Waals surface area contributed by atoms with E-state index in [0.29, 0.717) is 6.61 Å². The summed E-state index contributed by atoms with van der Waals surface area (Å²) in [6, 6.07) is 0.0348. The van der Waals surface area contributed by atoms with Crippen LogP contribution in [0, 0.1) is 0 Å². The van der Waals surface area contributed by atoms with E-state index in [1.54, 1.807) is 13.8 Å². The van der Waals surface area contributed by atoms with Crippen LogP contribution in [0.1, 0.15) is 34.6 Å². The third-order valence-corrected chi connectivity index (χ3v) is 3.17. The van der Waals surface area contributed by atoms with E-state index < -0.39 is 6.10 Å². The summed E-state index contributed by atoms with van der Waals surface area (Å²) in [6.45, 7) is 10.1. The number of aliphatic imine (C=N–C) groups is 1. The summed E-state index contributed by atoms with van der Waals surface area (Å²) in [6.07, 6.45) is -0.549. The average Bonchev–Trinajstić information content (AvgIpc) is 2.24. The van der Waals surface area contributed by atoms with E-state index in [1.165, 1.54) is 0 Å². The van der Waals surface area contributed by atoms with Crippen LogP contribution in [0.5, 0.6) is 0 Å². The predicted octanol–water partition coefficient (Wildman–Crippen LogP) is 1.10. The molecule has 2 N–H and O–H groups in total. The van der Waals surface area contributed by atoms with Crippen LogP contribution >= 0.6 is 0 Å². The molecule has 0 fully saturated rings. The number of carbonyl (C=O) groups is 1. The Balaban J connectivity index is 4.48. The highest BCUT2D eigenvalue weighted by Crippen LogP contribution is 2.21. The lowest BCUT2D eigenvalue weighted by atomic mass is 10.1. The number of quaternary nitrogens is 1. The van der Waals surface area contributed by atoms with Crippen molar-refractivity contribution < 1.29 is 19.0 Å². The first kappa shape index (κ1) is 17.9. The third kappa shape index (κ3) is 6.02. The number of amidine groups is 1. The smallest absolute Gasteiger partial charge is 0.282 e. The van der Waals surface area contributed by atoms with Crippen molar-refractivity contribution in [2.45, 2.75) is 46.3 Å². The van der Waals surface area contributed by atoms with E-state index in [2.05, 4.69) is 25.8 Å². The Bertz CT molecular complexity index is 333. The molecule has 0 aromatic carbocycles. The van der Waals surface area contributed by atoms with Gasteiger partial charge in [-0.1, -0.05) is 0 Å². The van der Waals surface area contributed by atoms with Crippen molar-refractivity contribution in [2.75, 3.05) is 27.2 Å². The van der Waals surface area contributed by atoms with Crippen LogP contribution in [-0.2, 0) is 14.4 Å². The molecule has 6 nitrogen and oxygen atoms in total. The zero-order valence-electron chi connectivity index (χ0n) is 13.2. The maximum atomic E-state index is 11.9. The molecule has 0 amide bonds. The molecular formula is C13H28N3O3+. The number of hydrogen-bond acceptors (Lipinski definition) is 4. The highest BCUT2D eigenvalue weighted by molar-refractivity contribution is 5.86. The van der Waals surface area contributed by atoms with Crippen LogP contribution in [0.4, 0.5) is 0 Å². The summed E-state index contributed by atoms with van der Waals surface area (Å²) < 4.78 is 5.24. The number of hydroxylamine groups is 3. The van der Waals surface area contributed by atoms with Gasteiger partial charge in [-0.2, -0.15) is 9.48 Å². The fourth-order valence-electron chi connectivity index (χ4n) is 1.09. The molecule has 1 atom stereocenters.